The summed E-state index contributed by atoms with van der Waals surface area (Å²) in [5, 5.41) is 16.9. The van der Waals surface area contributed by atoms with Gasteiger partial charge in [0.2, 0.25) is 0 Å². The second-order valence-electron chi connectivity index (χ2n) is 8.63. The molecule has 5 aromatic rings. The Morgan fingerprint density at radius 2 is 1.38 bits per heavy atom. The highest BCUT2D eigenvalue weighted by Gasteiger charge is 2.13. The van der Waals surface area contributed by atoms with E-state index in [0.29, 0.717) is 34.9 Å². The molecule has 8 heteroatoms. The number of nitrogens with one attached hydrogen (secondary N) is 2. The number of fused-ring (bicyclic) bond motifs is 1. The highest BCUT2D eigenvalue weighted by molar-refractivity contribution is 6.05. The van der Waals surface area contributed by atoms with Crippen LogP contribution in [-0.2, 0) is 4.74 Å². The third-order valence-corrected chi connectivity index (χ3v) is 6.11. The summed E-state index contributed by atoms with van der Waals surface area (Å²) in [6.07, 6.45) is 0. The minimum absolute atomic E-state index is 0.213. The maximum absolute atomic E-state index is 12.7. The lowest BCUT2D eigenvalue weighted by atomic mass is 10.0. The van der Waals surface area contributed by atoms with Crippen molar-refractivity contribution < 1.29 is 19.1 Å². The molecule has 1 heterocycles. The Morgan fingerprint density at radius 1 is 0.744 bits per heavy atom. The van der Waals surface area contributed by atoms with E-state index in [4.69, 9.17) is 9.47 Å². The summed E-state index contributed by atoms with van der Waals surface area (Å²) in [6.45, 7) is 2.10. The second-order valence-corrected chi connectivity index (χ2v) is 8.63. The van der Waals surface area contributed by atoms with Gasteiger partial charge in [-0.3, -0.25) is 4.79 Å². The smallest absolute Gasteiger partial charge is 0.338 e. The Balaban J connectivity index is 1.34. The van der Waals surface area contributed by atoms with Crippen molar-refractivity contribution in [2.75, 3.05) is 24.4 Å². The lowest BCUT2D eigenvalue weighted by Crippen LogP contribution is -2.11. The molecule has 0 radical (unpaired) electrons. The van der Waals surface area contributed by atoms with Crippen LogP contribution in [0.1, 0.15) is 27.6 Å². The fourth-order valence-electron chi connectivity index (χ4n) is 4.11. The minimum atomic E-state index is -0.358. The Morgan fingerprint density at radius 3 is 2.05 bits per heavy atom. The quantitative estimate of drug-likeness (QED) is 0.227. The number of nitrogens with zero attached hydrogens (tertiary/aromatic N) is 2. The highest BCUT2D eigenvalue weighted by atomic mass is 16.5. The number of methoxy groups -OCH3 is 1. The maximum atomic E-state index is 12.7. The number of aromatic nitrogens is 2. The maximum Gasteiger partial charge on any atom is 0.338 e. The van der Waals surface area contributed by atoms with E-state index < -0.39 is 0 Å². The van der Waals surface area contributed by atoms with Crippen LogP contribution >= 0.6 is 0 Å². The summed E-state index contributed by atoms with van der Waals surface area (Å²) in [5.74, 6) is 0.742. The molecule has 0 atom stereocenters. The predicted octanol–water partition coefficient (Wildman–Crippen LogP) is 6.48. The average Bonchev–Trinajstić information content (AvgIpc) is 2.98. The standard InChI is InChI=1S/C31H26N4O4/c1-3-39-31(37)22-10-8-20(9-11-22)28-26-6-4-5-7-27(26)29(35-34-28)32-23-14-12-21(13-15-23)30(36)33-24-16-18-25(38-2)19-17-24/h4-19H,3H2,1-2H3,(H,32,35)(H,33,36). The van der Waals surface area contributed by atoms with E-state index in [9.17, 15) is 9.59 Å². The van der Waals surface area contributed by atoms with Gasteiger partial charge in [-0.15, -0.1) is 10.2 Å². The molecule has 0 unspecified atom stereocenters. The number of rotatable bonds is 8. The molecule has 39 heavy (non-hydrogen) atoms. The minimum Gasteiger partial charge on any atom is -0.497 e. The summed E-state index contributed by atoms with van der Waals surface area (Å²) in [4.78, 5) is 24.7. The first-order chi connectivity index (χ1) is 19.1. The van der Waals surface area contributed by atoms with Crippen LogP contribution in [0.25, 0.3) is 22.0 Å². The highest BCUT2D eigenvalue weighted by Crippen LogP contribution is 2.31. The molecule has 0 aliphatic rings. The number of benzene rings is 4. The van der Waals surface area contributed by atoms with Crippen molar-refractivity contribution in [3.8, 4) is 17.0 Å². The molecule has 8 nitrogen and oxygen atoms in total. The number of anilines is 3. The van der Waals surface area contributed by atoms with Crippen LogP contribution in [0.3, 0.4) is 0 Å². The van der Waals surface area contributed by atoms with Gasteiger partial charge in [0.25, 0.3) is 5.91 Å². The Hall–Kier alpha value is -5.24. The molecule has 2 N–H and O–H groups in total. The van der Waals surface area contributed by atoms with Crippen molar-refractivity contribution in [2.24, 2.45) is 0 Å². The molecule has 1 amide bonds. The molecule has 0 fully saturated rings. The lowest BCUT2D eigenvalue weighted by molar-refractivity contribution is 0.0526. The molecule has 0 spiro atoms. The van der Waals surface area contributed by atoms with Gasteiger partial charge in [0.15, 0.2) is 5.82 Å². The monoisotopic (exact) mass is 518 g/mol. The first-order valence-corrected chi connectivity index (χ1v) is 12.4. The summed E-state index contributed by atoms with van der Waals surface area (Å²) < 4.78 is 10.2. The van der Waals surface area contributed by atoms with Gasteiger partial charge in [-0.1, -0.05) is 36.4 Å². The summed E-state index contributed by atoms with van der Waals surface area (Å²) >= 11 is 0. The van der Waals surface area contributed by atoms with E-state index in [0.717, 1.165) is 27.8 Å². The normalized spacial score (nSPS) is 10.6. The zero-order valence-electron chi connectivity index (χ0n) is 21.5. The van der Waals surface area contributed by atoms with Crippen LogP contribution < -0.4 is 15.4 Å². The zero-order chi connectivity index (χ0) is 27.2. The molecule has 1 aromatic heterocycles. The third kappa shape index (κ3) is 5.70. The zero-order valence-corrected chi connectivity index (χ0v) is 21.5. The van der Waals surface area contributed by atoms with Gasteiger partial charge in [-0.2, -0.15) is 0 Å². The van der Waals surface area contributed by atoms with Crippen LogP contribution in [0.4, 0.5) is 17.2 Å². The first kappa shape index (κ1) is 25.4. The summed E-state index contributed by atoms with van der Waals surface area (Å²) in [7, 11) is 1.60. The molecule has 0 saturated carbocycles. The van der Waals surface area contributed by atoms with Crippen LogP contribution in [0.15, 0.2) is 97.1 Å². The van der Waals surface area contributed by atoms with E-state index in [1.54, 1.807) is 62.6 Å². The Labute approximate surface area is 225 Å². The number of esters is 1. The molecular weight excluding hydrogens is 492 g/mol. The number of amides is 1. The SMILES string of the molecule is CCOC(=O)c1ccc(-c2nnc(Nc3ccc(C(=O)Nc4ccc(OC)cc4)cc3)c3ccccc23)cc1. The number of hydrogen-bond donors (Lipinski definition) is 2. The van der Waals surface area contributed by atoms with Gasteiger partial charge < -0.3 is 20.1 Å². The van der Waals surface area contributed by atoms with E-state index in [2.05, 4.69) is 20.8 Å². The first-order valence-electron chi connectivity index (χ1n) is 12.4. The van der Waals surface area contributed by atoms with E-state index in [1.807, 2.05) is 48.5 Å². The lowest BCUT2D eigenvalue weighted by Gasteiger charge is -2.12. The fourth-order valence-corrected chi connectivity index (χ4v) is 4.11. The van der Waals surface area contributed by atoms with Gasteiger partial charge in [0.05, 0.1) is 19.3 Å². The largest absolute Gasteiger partial charge is 0.497 e. The predicted molar refractivity (Wildman–Crippen MR) is 152 cm³/mol. The molecule has 5 rings (SSSR count). The third-order valence-electron chi connectivity index (χ3n) is 6.11. The van der Waals surface area contributed by atoms with E-state index in [-0.39, 0.29) is 11.9 Å². The molecule has 0 bridgehead atoms. The van der Waals surface area contributed by atoms with Gasteiger partial charge in [0, 0.05) is 33.3 Å². The van der Waals surface area contributed by atoms with Gasteiger partial charge in [-0.25, -0.2) is 4.79 Å². The van der Waals surface area contributed by atoms with Crippen molar-refractivity contribution in [2.45, 2.75) is 6.92 Å². The Kier molecular flexibility index (Phi) is 7.45. The van der Waals surface area contributed by atoms with Gasteiger partial charge >= 0.3 is 5.97 Å². The summed E-state index contributed by atoms with van der Waals surface area (Å²) in [5.41, 5.74) is 4.00. The number of carbonyl (C=O) groups is 2. The fraction of sp³-hybridized carbons (Fsp3) is 0.0968. The molecule has 0 aliphatic heterocycles. The van der Waals surface area contributed by atoms with Crippen molar-refractivity contribution in [1.29, 1.82) is 0 Å². The second kappa shape index (κ2) is 11.4. The van der Waals surface area contributed by atoms with Crippen molar-refractivity contribution in [3.05, 3.63) is 108 Å². The van der Waals surface area contributed by atoms with E-state index >= 15 is 0 Å². The molecule has 0 saturated heterocycles. The Bertz CT molecular complexity index is 1620. The van der Waals surface area contributed by atoms with Gasteiger partial charge in [0.1, 0.15) is 11.4 Å². The van der Waals surface area contributed by atoms with E-state index in [1.165, 1.54) is 0 Å². The average molecular weight is 519 g/mol. The topological polar surface area (TPSA) is 102 Å². The number of carbonyl (C=O) groups excluding carboxylic acids is 2. The van der Waals surface area contributed by atoms with Crippen LogP contribution in [-0.4, -0.2) is 35.8 Å². The van der Waals surface area contributed by atoms with Crippen LogP contribution in [0.2, 0.25) is 0 Å². The van der Waals surface area contributed by atoms with Crippen LogP contribution in [0, 0.1) is 0 Å². The molecule has 4 aromatic carbocycles. The van der Waals surface area contributed by atoms with Crippen molar-refractivity contribution in [1.82, 2.24) is 10.2 Å². The molecule has 194 valence electrons. The van der Waals surface area contributed by atoms with Gasteiger partial charge in [-0.05, 0) is 67.6 Å². The summed E-state index contributed by atoms with van der Waals surface area (Å²) in [6, 6.07) is 29.3. The number of ether oxygens (including phenoxy) is 2. The number of hydrogen-bond acceptors (Lipinski definition) is 7. The molecule has 0 aliphatic carbocycles. The van der Waals surface area contributed by atoms with Crippen molar-refractivity contribution in [3.63, 3.8) is 0 Å². The van der Waals surface area contributed by atoms with Crippen molar-refractivity contribution >= 4 is 39.8 Å². The molecular formula is C31H26N4O4. The van der Waals surface area contributed by atoms with Crippen LogP contribution in [0.5, 0.6) is 5.75 Å².